The second-order valence-corrected chi connectivity index (χ2v) is 9.13. The van der Waals surface area contributed by atoms with Gasteiger partial charge in [-0.3, -0.25) is 4.79 Å². The molecule has 0 spiro atoms. The molecule has 1 aromatic heterocycles. The summed E-state index contributed by atoms with van der Waals surface area (Å²) in [5, 5.41) is 13.4. The number of nitrogens with one attached hydrogen (secondary N) is 1. The maximum absolute atomic E-state index is 12.1. The van der Waals surface area contributed by atoms with E-state index in [4.69, 9.17) is 4.74 Å². The molecular formula is C23H17IN2O4S. The fraction of sp³-hybridized carbons (Fsp3) is 0.0870. The van der Waals surface area contributed by atoms with Crippen LogP contribution in [0, 0.1) is 10.5 Å². The largest absolute Gasteiger partial charge is 0.507 e. The number of phenolic OH excluding ortho intramolecular Hbond substituents is 1. The van der Waals surface area contributed by atoms with Crippen molar-refractivity contribution < 1.29 is 19.4 Å². The Labute approximate surface area is 196 Å². The van der Waals surface area contributed by atoms with E-state index in [1.54, 1.807) is 29.5 Å². The van der Waals surface area contributed by atoms with Crippen molar-refractivity contribution >= 4 is 61.7 Å². The zero-order valence-electron chi connectivity index (χ0n) is 16.4. The number of thiazole rings is 1. The van der Waals surface area contributed by atoms with E-state index in [1.807, 2.05) is 46.9 Å². The summed E-state index contributed by atoms with van der Waals surface area (Å²) in [4.78, 5) is 28.9. The second kappa shape index (κ2) is 9.03. The van der Waals surface area contributed by atoms with Crippen LogP contribution in [0.4, 0.5) is 5.69 Å². The van der Waals surface area contributed by atoms with Gasteiger partial charge in [-0.1, -0.05) is 6.07 Å². The van der Waals surface area contributed by atoms with E-state index in [1.165, 1.54) is 17.7 Å². The van der Waals surface area contributed by atoms with E-state index in [9.17, 15) is 14.7 Å². The molecule has 3 aromatic carbocycles. The minimum Gasteiger partial charge on any atom is -0.507 e. The van der Waals surface area contributed by atoms with Crippen LogP contribution in [0.3, 0.4) is 0 Å². The molecule has 31 heavy (non-hydrogen) atoms. The Bertz CT molecular complexity index is 1280. The number of anilines is 1. The lowest BCUT2D eigenvalue weighted by molar-refractivity contribution is -0.119. The molecule has 8 heteroatoms. The fourth-order valence-electron chi connectivity index (χ4n) is 2.93. The molecule has 4 aromatic rings. The van der Waals surface area contributed by atoms with Crippen molar-refractivity contribution in [3.63, 3.8) is 0 Å². The number of aromatic hydroxyl groups is 1. The predicted octanol–water partition coefficient (Wildman–Crippen LogP) is 5.38. The first kappa shape index (κ1) is 21.3. The van der Waals surface area contributed by atoms with E-state index in [0.29, 0.717) is 5.69 Å². The van der Waals surface area contributed by atoms with Gasteiger partial charge in [0.25, 0.3) is 5.91 Å². The number of halogens is 1. The number of hydrogen-bond donors (Lipinski definition) is 2. The van der Waals surface area contributed by atoms with E-state index in [-0.39, 0.29) is 11.3 Å². The summed E-state index contributed by atoms with van der Waals surface area (Å²) < 4.78 is 6.92. The van der Waals surface area contributed by atoms with Crippen LogP contribution in [0.15, 0.2) is 60.7 Å². The van der Waals surface area contributed by atoms with Gasteiger partial charge in [-0.05, 0) is 89.7 Å². The van der Waals surface area contributed by atoms with E-state index in [0.717, 1.165) is 24.4 Å². The van der Waals surface area contributed by atoms with Crippen LogP contribution >= 0.6 is 33.9 Å². The summed E-state index contributed by atoms with van der Waals surface area (Å²) in [6, 6.07) is 18.1. The molecule has 0 unspecified atom stereocenters. The normalized spacial score (nSPS) is 10.8. The third-order valence-corrected chi connectivity index (χ3v) is 6.21. The van der Waals surface area contributed by atoms with Gasteiger partial charge in [0.05, 0.1) is 10.2 Å². The SMILES string of the molecule is Cc1ccc2nc(-c3ccc(NC(=O)COC(=O)c4cc(I)ccc4O)cc3)sc2c1. The van der Waals surface area contributed by atoms with Crippen LogP contribution in [0.5, 0.6) is 5.75 Å². The molecule has 0 bridgehead atoms. The summed E-state index contributed by atoms with van der Waals surface area (Å²) >= 11 is 3.64. The molecule has 1 heterocycles. The minimum absolute atomic E-state index is 0.0232. The highest BCUT2D eigenvalue weighted by Crippen LogP contribution is 2.31. The monoisotopic (exact) mass is 544 g/mol. The predicted molar refractivity (Wildman–Crippen MR) is 130 cm³/mol. The average molecular weight is 544 g/mol. The smallest absolute Gasteiger partial charge is 0.342 e. The molecule has 0 fully saturated rings. The number of amides is 1. The third-order valence-electron chi connectivity index (χ3n) is 4.47. The van der Waals surface area contributed by atoms with E-state index < -0.39 is 18.5 Å². The third kappa shape index (κ3) is 5.02. The first-order valence-corrected chi connectivity index (χ1v) is 11.2. The summed E-state index contributed by atoms with van der Waals surface area (Å²) in [7, 11) is 0. The zero-order chi connectivity index (χ0) is 22.0. The molecule has 0 aliphatic heterocycles. The molecule has 0 aliphatic rings. The Kier molecular flexibility index (Phi) is 6.19. The number of aromatic nitrogens is 1. The standard InChI is InChI=1S/C23H17IN2O4S/c1-13-2-8-18-20(10-13)31-22(26-18)14-3-6-16(7-4-14)25-21(28)12-30-23(29)17-11-15(24)5-9-19(17)27/h2-11,27H,12H2,1H3,(H,25,28). The molecule has 4 rings (SSSR count). The van der Waals surface area contributed by atoms with Gasteiger partial charge >= 0.3 is 5.97 Å². The number of esters is 1. The number of rotatable bonds is 5. The Balaban J connectivity index is 1.37. The number of nitrogens with zero attached hydrogens (tertiary/aromatic N) is 1. The minimum atomic E-state index is -0.757. The number of carbonyl (C=O) groups excluding carboxylic acids is 2. The molecule has 0 saturated heterocycles. The van der Waals surface area contributed by atoms with Crippen LogP contribution in [0.25, 0.3) is 20.8 Å². The maximum Gasteiger partial charge on any atom is 0.342 e. The molecule has 0 atom stereocenters. The van der Waals surface area contributed by atoms with Gasteiger partial charge in [-0.2, -0.15) is 0 Å². The van der Waals surface area contributed by atoms with Crippen molar-refractivity contribution in [2.75, 3.05) is 11.9 Å². The van der Waals surface area contributed by atoms with Gasteiger partial charge in [-0.15, -0.1) is 11.3 Å². The highest BCUT2D eigenvalue weighted by Gasteiger charge is 2.15. The van der Waals surface area contributed by atoms with Crippen LogP contribution < -0.4 is 5.32 Å². The molecule has 0 saturated carbocycles. The molecule has 0 radical (unpaired) electrons. The first-order valence-electron chi connectivity index (χ1n) is 9.32. The Morgan fingerprint density at radius 3 is 2.65 bits per heavy atom. The van der Waals surface area contributed by atoms with Crippen molar-refractivity contribution in [2.45, 2.75) is 6.92 Å². The van der Waals surface area contributed by atoms with E-state index in [2.05, 4.69) is 23.3 Å². The number of carbonyl (C=O) groups is 2. The molecule has 1 amide bonds. The van der Waals surface area contributed by atoms with Crippen LogP contribution in [0.1, 0.15) is 15.9 Å². The van der Waals surface area contributed by atoms with Gasteiger partial charge in [-0.25, -0.2) is 9.78 Å². The molecule has 6 nitrogen and oxygen atoms in total. The number of fused-ring (bicyclic) bond motifs is 1. The van der Waals surface area contributed by atoms with Crippen molar-refractivity contribution in [3.8, 4) is 16.3 Å². The maximum atomic E-state index is 12.1. The topological polar surface area (TPSA) is 88.5 Å². The van der Waals surface area contributed by atoms with Crippen molar-refractivity contribution in [1.82, 2.24) is 4.98 Å². The van der Waals surface area contributed by atoms with Crippen LogP contribution in [0.2, 0.25) is 0 Å². The highest BCUT2D eigenvalue weighted by molar-refractivity contribution is 14.1. The lowest BCUT2D eigenvalue weighted by Crippen LogP contribution is -2.21. The van der Waals surface area contributed by atoms with Gasteiger partial charge in [0.1, 0.15) is 16.3 Å². The second-order valence-electron chi connectivity index (χ2n) is 6.85. The van der Waals surface area contributed by atoms with Crippen LogP contribution in [-0.4, -0.2) is 28.6 Å². The van der Waals surface area contributed by atoms with Crippen molar-refractivity contribution in [1.29, 1.82) is 0 Å². The lowest BCUT2D eigenvalue weighted by Gasteiger charge is -2.08. The number of ether oxygens (including phenoxy) is 1. The van der Waals surface area contributed by atoms with Gasteiger partial charge in [0, 0.05) is 14.8 Å². The summed E-state index contributed by atoms with van der Waals surface area (Å²) in [5.41, 5.74) is 3.72. The Morgan fingerprint density at radius 1 is 1.10 bits per heavy atom. The van der Waals surface area contributed by atoms with Gasteiger partial charge in [0.2, 0.25) is 0 Å². The van der Waals surface area contributed by atoms with Gasteiger partial charge < -0.3 is 15.2 Å². The summed E-state index contributed by atoms with van der Waals surface area (Å²) in [6.07, 6.45) is 0. The molecule has 0 aliphatic carbocycles. The first-order chi connectivity index (χ1) is 14.9. The van der Waals surface area contributed by atoms with Crippen molar-refractivity contribution in [3.05, 3.63) is 75.4 Å². The van der Waals surface area contributed by atoms with E-state index >= 15 is 0 Å². The number of hydrogen-bond acceptors (Lipinski definition) is 6. The molecular weight excluding hydrogens is 527 g/mol. The Hall–Kier alpha value is -2.98. The number of aryl methyl sites for hydroxylation is 1. The lowest BCUT2D eigenvalue weighted by atomic mass is 10.2. The fourth-order valence-corrected chi connectivity index (χ4v) is 4.49. The number of phenols is 1. The Morgan fingerprint density at radius 2 is 1.87 bits per heavy atom. The molecule has 2 N–H and O–H groups in total. The van der Waals surface area contributed by atoms with Crippen molar-refractivity contribution in [2.24, 2.45) is 0 Å². The zero-order valence-corrected chi connectivity index (χ0v) is 19.4. The van der Waals surface area contributed by atoms with Crippen LogP contribution in [-0.2, 0) is 9.53 Å². The summed E-state index contributed by atoms with van der Waals surface area (Å²) in [5.74, 6) is -1.42. The summed E-state index contributed by atoms with van der Waals surface area (Å²) in [6.45, 7) is 1.60. The number of benzene rings is 3. The van der Waals surface area contributed by atoms with Gasteiger partial charge in [0.15, 0.2) is 6.61 Å². The molecule has 156 valence electrons. The average Bonchev–Trinajstić information content (AvgIpc) is 3.17. The highest BCUT2D eigenvalue weighted by atomic mass is 127. The quantitative estimate of drug-likeness (QED) is 0.260.